The second-order valence-electron chi connectivity index (χ2n) is 5.98. The van der Waals surface area contributed by atoms with Gasteiger partial charge in [-0.1, -0.05) is 12.5 Å². The van der Waals surface area contributed by atoms with E-state index >= 15 is 0 Å². The Morgan fingerprint density at radius 2 is 2.20 bits per heavy atom. The van der Waals surface area contributed by atoms with Gasteiger partial charge in [-0.15, -0.1) is 0 Å². The van der Waals surface area contributed by atoms with Gasteiger partial charge in [0.2, 0.25) is 0 Å². The van der Waals surface area contributed by atoms with Crippen LogP contribution >= 0.6 is 0 Å². The van der Waals surface area contributed by atoms with Gasteiger partial charge in [0, 0.05) is 6.04 Å². The highest BCUT2D eigenvalue weighted by molar-refractivity contribution is 5.70. The first-order valence-corrected chi connectivity index (χ1v) is 7.39. The zero-order valence-electron chi connectivity index (χ0n) is 11.4. The van der Waals surface area contributed by atoms with Crippen molar-refractivity contribution >= 4 is 5.97 Å². The van der Waals surface area contributed by atoms with E-state index in [1.54, 1.807) is 6.07 Å². The first kappa shape index (κ1) is 13.6. The van der Waals surface area contributed by atoms with E-state index in [-0.39, 0.29) is 23.7 Å². The molecule has 2 aliphatic carbocycles. The fourth-order valence-corrected chi connectivity index (χ4v) is 3.70. The normalized spacial score (nSPS) is 28.6. The second kappa shape index (κ2) is 5.52. The Morgan fingerprint density at radius 3 is 3.00 bits per heavy atom. The Hall–Kier alpha value is -1.42. The third kappa shape index (κ3) is 2.57. The van der Waals surface area contributed by atoms with Crippen molar-refractivity contribution in [1.29, 1.82) is 0 Å². The largest absolute Gasteiger partial charge is 0.481 e. The minimum Gasteiger partial charge on any atom is -0.481 e. The lowest BCUT2D eigenvalue weighted by atomic mass is 9.95. The van der Waals surface area contributed by atoms with Gasteiger partial charge in [0.15, 0.2) is 0 Å². The summed E-state index contributed by atoms with van der Waals surface area (Å²) in [6, 6.07) is 5.24. The Morgan fingerprint density at radius 1 is 1.35 bits per heavy atom. The summed E-state index contributed by atoms with van der Waals surface area (Å²) in [4.78, 5) is 11.2. The Balaban J connectivity index is 1.62. The summed E-state index contributed by atoms with van der Waals surface area (Å²) in [6.07, 6.45) is 4.68. The van der Waals surface area contributed by atoms with Crippen molar-refractivity contribution < 1.29 is 14.3 Å². The van der Waals surface area contributed by atoms with Crippen LogP contribution in [0.2, 0.25) is 0 Å². The Labute approximate surface area is 118 Å². The number of benzene rings is 1. The summed E-state index contributed by atoms with van der Waals surface area (Å²) in [5, 5.41) is 12.7. The predicted molar refractivity (Wildman–Crippen MR) is 73.9 cm³/mol. The molecule has 2 aliphatic rings. The molecule has 0 bridgehead atoms. The lowest BCUT2D eigenvalue weighted by Crippen LogP contribution is -2.30. The highest BCUT2D eigenvalue weighted by Gasteiger charge is 2.33. The van der Waals surface area contributed by atoms with E-state index in [0.29, 0.717) is 0 Å². The number of carboxylic acids is 1. The van der Waals surface area contributed by atoms with Crippen molar-refractivity contribution in [2.75, 3.05) is 6.54 Å². The Kier molecular flexibility index (Phi) is 3.74. The van der Waals surface area contributed by atoms with Crippen LogP contribution in [-0.2, 0) is 11.2 Å². The van der Waals surface area contributed by atoms with E-state index in [1.165, 1.54) is 11.6 Å². The summed E-state index contributed by atoms with van der Waals surface area (Å²) in [6.45, 7) is 0.748. The van der Waals surface area contributed by atoms with Crippen LogP contribution in [0.15, 0.2) is 18.2 Å². The van der Waals surface area contributed by atoms with E-state index in [9.17, 15) is 14.3 Å². The van der Waals surface area contributed by atoms with Crippen LogP contribution in [0.1, 0.15) is 42.9 Å². The number of carbonyl (C=O) groups is 1. The average Bonchev–Trinajstić information content (AvgIpc) is 3.01. The smallest absolute Gasteiger partial charge is 0.306 e. The topological polar surface area (TPSA) is 49.3 Å². The van der Waals surface area contributed by atoms with Crippen molar-refractivity contribution in [2.24, 2.45) is 11.8 Å². The van der Waals surface area contributed by atoms with Crippen LogP contribution < -0.4 is 5.32 Å². The molecule has 1 saturated carbocycles. The number of hydrogen-bond donors (Lipinski definition) is 2. The first-order valence-electron chi connectivity index (χ1n) is 7.39. The molecule has 3 atom stereocenters. The Bertz CT molecular complexity index is 517. The maximum absolute atomic E-state index is 13.2. The summed E-state index contributed by atoms with van der Waals surface area (Å²) in [5.74, 6) is -0.803. The summed E-state index contributed by atoms with van der Waals surface area (Å²) >= 11 is 0. The number of rotatable bonds is 4. The number of carboxylic acid groups (broad SMARTS) is 1. The van der Waals surface area contributed by atoms with Gasteiger partial charge in [-0.05, 0) is 61.4 Å². The van der Waals surface area contributed by atoms with Gasteiger partial charge in [-0.2, -0.15) is 0 Å². The van der Waals surface area contributed by atoms with Crippen molar-refractivity contribution in [2.45, 2.75) is 38.1 Å². The molecule has 0 heterocycles. The number of halogens is 1. The molecule has 1 fully saturated rings. The van der Waals surface area contributed by atoms with Crippen molar-refractivity contribution in [1.82, 2.24) is 5.32 Å². The van der Waals surface area contributed by atoms with Crippen molar-refractivity contribution in [3.8, 4) is 0 Å². The molecule has 108 valence electrons. The van der Waals surface area contributed by atoms with Gasteiger partial charge in [-0.25, -0.2) is 4.39 Å². The van der Waals surface area contributed by atoms with E-state index in [4.69, 9.17) is 0 Å². The zero-order valence-corrected chi connectivity index (χ0v) is 11.4. The van der Waals surface area contributed by atoms with Crippen LogP contribution in [0, 0.1) is 17.7 Å². The van der Waals surface area contributed by atoms with Crippen LogP contribution in [0.5, 0.6) is 0 Å². The fourth-order valence-electron chi connectivity index (χ4n) is 3.70. The molecule has 0 saturated heterocycles. The number of hydrogen-bond acceptors (Lipinski definition) is 2. The standard InChI is InChI=1S/C16H20FNO2/c17-12-5-6-13-10(8-12)4-7-15(13)18-9-11-2-1-3-14(11)16(19)20/h5-6,8,11,14-15,18H,1-4,7,9H2,(H,19,20). The molecule has 3 rings (SSSR count). The van der Waals surface area contributed by atoms with Crippen LogP contribution in [0.4, 0.5) is 4.39 Å². The fraction of sp³-hybridized carbons (Fsp3) is 0.562. The van der Waals surface area contributed by atoms with E-state index in [0.717, 1.165) is 44.2 Å². The quantitative estimate of drug-likeness (QED) is 0.889. The summed E-state index contributed by atoms with van der Waals surface area (Å²) in [7, 11) is 0. The third-order valence-corrected chi connectivity index (χ3v) is 4.79. The molecule has 0 spiro atoms. The van der Waals surface area contributed by atoms with Crippen LogP contribution in [0.3, 0.4) is 0 Å². The van der Waals surface area contributed by atoms with Gasteiger partial charge in [0.1, 0.15) is 5.82 Å². The highest BCUT2D eigenvalue weighted by Crippen LogP contribution is 2.34. The molecule has 3 nitrogen and oxygen atoms in total. The molecule has 20 heavy (non-hydrogen) atoms. The van der Waals surface area contributed by atoms with E-state index in [2.05, 4.69) is 5.32 Å². The van der Waals surface area contributed by atoms with Gasteiger partial charge in [0.25, 0.3) is 0 Å². The lowest BCUT2D eigenvalue weighted by Gasteiger charge is -2.20. The number of fused-ring (bicyclic) bond motifs is 1. The monoisotopic (exact) mass is 277 g/mol. The van der Waals surface area contributed by atoms with Gasteiger partial charge in [0.05, 0.1) is 5.92 Å². The lowest BCUT2D eigenvalue weighted by molar-refractivity contribution is -0.142. The molecular formula is C16H20FNO2. The zero-order chi connectivity index (χ0) is 14.1. The molecule has 3 unspecified atom stereocenters. The molecular weight excluding hydrogens is 257 g/mol. The maximum Gasteiger partial charge on any atom is 0.306 e. The van der Waals surface area contributed by atoms with Crippen LogP contribution in [0.25, 0.3) is 0 Å². The molecule has 2 N–H and O–H groups in total. The van der Waals surface area contributed by atoms with Crippen molar-refractivity contribution in [3.63, 3.8) is 0 Å². The average molecular weight is 277 g/mol. The molecule has 0 aliphatic heterocycles. The number of aliphatic carboxylic acids is 1. The molecule has 1 aromatic rings. The van der Waals surface area contributed by atoms with Crippen molar-refractivity contribution in [3.05, 3.63) is 35.1 Å². The number of nitrogens with one attached hydrogen (secondary N) is 1. The minimum absolute atomic E-state index is 0.175. The van der Waals surface area contributed by atoms with E-state index in [1.807, 2.05) is 6.07 Å². The minimum atomic E-state index is -0.664. The highest BCUT2D eigenvalue weighted by atomic mass is 19.1. The molecule has 4 heteroatoms. The SMILES string of the molecule is O=C(O)C1CCCC1CNC1CCc2cc(F)ccc21. The molecule has 0 amide bonds. The second-order valence-corrected chi connectivity index (χ2v) is 5.98. The van der Waals surface area contributed by atoms with Gasteiger partial charge in [-0.3, -0.25) is 4.79 Å². The number of aryl methyl sites for hydroxylation is 1. The molecule has 0 radical (unpaired) electrons. The predicted octanol–water partition coefficient (Wildman–Crippen LogP) is 2.90. The molecule has 1 aromatic carbocycles. The van der Waals surface area contributed by atoms with Crippen LogP contribution in [-0.4, -0.2) is 17.6 Å². The van der Waals surface area contributed by atoms with Gasteiger partial charge >= 0.3 is 5.97 Å². The molecule has 0 aromatic heterocycles. The summed E-state index contributed by atoms with van der Waals surface area (Å²) < 4.78 is 13.2. The summed E-state index contributed by atoms with van der Waals surface area (Å²) in [5.41, 5.74) is 2.26. The first-order chi connectivity index (χ1) is 9.65. The van der Waals surface area contributed by atoms with Gasteiger partial charge < -0.3 is 10.4 Å². The third-order valence-electron chi connectivity index (χ3n) is 4.79. The van der Waals surface area contributed by atoms with E-state index < -0.39 is 5.97 Å². The maximum atomic E-state index is 13.2.